The molecule has 0 aromatic carbocycles. The Hall–Kier alpha value is -0.460. The average molecular weight is 310 g/mol. The molecule has 5 nitrogen and oxygen atoms in total. The maximum absolute atomic E-state index is 11.9. The summed E-state index contributed by atoms with van der Waals surface area (Å²) in [5, 5.41) is 2.80. The van der Waals surface area contributed by atoms with E-state index in [0.717, 1.165) is 25.1 Å². The number of thioether (sulfide) groups is 1. The highest BCUT2D eigenvalue weighted by Gasteiger charge is 2.27. The summed E-state index contributed by atoms with van der Waals surface area (Å²) in [7, 11) is 0. The number of likely N-dealkylation sites (tertiary alicyclic amines) is 1. The lowest BCUT2D eigenvalue weighted by Crippen LogP contribution is -2.46. The lowest BCUT2D eigenvalue weighted by molar-refractivity contribution is -0.135. The molecule has 1 aliphatic rings. The molecule has 2 amide bonds. The molecule has 0 saturated carbocycles. The maximum atomic E-state index is 11.9. The minimum Gasteiger partial charge on any atom is -0.355 e. The van der Waals surface area contributed by atoms with Gasteiger partial charge in [-0.25, -0.2) is 0 Å². The van der Waals surface area contributed by atoms with Crippen LogP contribution in [0.4, 0.5) is 0 Å². The summed E-state index contributed by atoms with van der Waals surface area (Å²) in [6.45, 7) is 2.31. The Bertz CT molecular complexity index is 266. The van der Waals surface area contributed by atoms with E-state index in [2.05, 4.69) is 5.32 Å². The first kappa shape index (κ1) is 18.5. The predicted molar refractivity (Wildman–Crippen MR) is 81.6 cm³/mol. The number of piperidine rings is 1. The molecular weight excluding hydrogens is 286 g/mol. The Labute approximate surface area is 125 Å². The number of hydrogen-bond donors (Lipinski definition) is 2. The molecule has 3 N–H and O–H groups in total. The van der Waals surface area contributed by atoms with Crippen molar-refractivity contribution in [2.75, 3.05) is 38.2 Å². The van der Waals surface area contributed by atoms with Crippen molar-refractivity contribution in [2.24, 2.45) is 11.7 Å². The van der Waals surface area contributed by atoms with Crippen molar-refractivity contribution in [3.05, 3.63) is 0 Å². The molecule has 1 aliphatic heterocycles. The van der Waals surface area contributed by atoms with Gasteiger partial charge in [-0.2, -0.15) is 11.8 Å². The molecular formula is C12H24ClN3O2S. The monoisotopic (exact) mass is 309 g/mol. The summed E-state index contributed by atoms with van der Waals surface area (Å²) in [5.74, 6) is 0.978. The summed E-state index contributed by atoms with van der Waals surface area (Å²) in [6.07, 6.45) is 4.33. The fourth-order valence-corrected chi connectivity index (χ4v) is 2.48. The van der Waals surface area contributed by atoms with Crippen LogP contribution < -0.4 is 11.1 Å². The number of nitrogens with zero attached hydrogens (tertiary/aromatic N) is 1. The van der Waals surface area contributed by atoms with Crippen LogP contribution in [0.15, 0.2) is 0 Å². The molecule has 1 heterocycles. The Morgan fingerprint density at radius 2 is 2.21 bits per heavy atom. The van der Waals surface area contributed by atoms with Crippen molar-refractivity contribution >= 4 is 36.0 Å². The van der Waals surface area contributed by atoms with Gasteiger partial charge in [-0.15, -0.1) is 12.4 Å². The van der Waals surface area contributed by atoms with E-state index < -0.39 is 0 Å². The van der Waals surface area contributed by atoms with Gasteiger partial charge in [-0.1, -0.05) is 0 Å². The fourth-order valence-electron chi connectivity index (χ4n) is 2.10. The van der Waals surface area contributed by atoms with Crippen LogP contribution in [-0.2, 0) is 9.59 Å². The van der Waals surface area contributed by atoms with Gasteiger partial charge in [0.1, 0.15) is 0 Å². The highest BCUT2D eigenvalue weighted by molar-refractivity contribution is 7.98. The molecule has 1 fully saturated rings. The van der Waals surface area contributed by atoms with Crippen molar-refractivity contribution in [1.82, 2.24) is 10.2 Å². The molecule has 1 saturated heterocycles. The zero-order valence-electron chi connectivity index (χ0n) is 11.4. The minimum atomic E-state index is -0.0662. The topological polar surface area (TPSA) is 75.4 Å². The van der Waals surface area contributed by atoms with E-state index in [4.69, 9.17) is 5.73 Å². The number of carbonyl (C=O) groups excluding carboxylic acids is 2. The molecule has 112 valence electrons. The highest BCUT2D eigenvalue weighted by Crippen LogP contribution is 2.17. The van der Waals surface area contributed by atoms with Crippen molar-refractivity contribution in [3.8, 4) is 0 Å². The molecule has 7 heteroatoms. The summed E-state index contributed by atoms with van der Waals surface area (Å²) in [4.78, 5) is 25.6. The normalized spacial score (nSPS) is 18.6. The molecule has 0 aliphatic carbocycles. The Balaban J connectivity index is 0.00000324. The van der Waals surface area contributed by atoms with Crippen molar-refractivity contribution in [3.63, 3.8) is 0 Å². The molecule has 0 radical (unpaired) electrons. The molecule has 19 heavy (non-hydrogen) atoms. The lowest BCUT2D eigenvalue weighted by Gasteiger charge is -2.32. The van der Waals surface area contributed by atoms with Gasteiger partial charge < -0.3 is 16.0 Å². The van der Waals surface area contributed by atoms with Crippen molar-refractivity contribution in [1.29, 1.82) is 0 Å². The molecule has 0 aromatic rings. The zero-order valence-corrected chi connectivity index (χ0v) is 13.0. The molecule has 1 rings (SSSR count). The maximum Gasteiger partial charge on any atom is 0.224 e. The summed E-state index contributed by atoms with van der Waals surface area (Å²) in [6, 6.07) is 0. The van der Waals surface area contributed by atoms with E-state index in [9.17, 15) is 9.59 Å². The third kappa shape index (κ3) is 6.49. The summed E-state index contributed by atoms with van der Waals surface area (Å²) >= 11 is 1.67. The van der Waals surface area contributed by atoms with E-state index in [1.165, 1.54) is 0 Å². The van der Waals surface area contributed by atoms with Crippen LogP contribution in [0.2, 0.25) is 0 Å². The van der Waals surface area contributed by atoms with Gasteiger partial charge in [0.25, 0.3) is 0 Å². The van der Waals surface area contributed by atoms with Crippen LogP contribution in [0.1, 0.15) is 19.3 Å². The number of halogens is 1. The van der Waals surface area contributed by atoms with E-state index in [1.807, 2.05) is 11.2 Å². The summed E-state index contributed by atoms with van der Waals surface area (Å²) < 4.78 is 0. The van der Waals surface area contributed by atoms with E-state index in [0.29, 0.717) is 26.1 Å². The van der Waals surface area contributed by atoms with Gasteiger partial charge in [0.2, 0.25) is 11.8 Å². The third-order valence-corrected chi connectivity index (χ3v) is 3.72. The number of hydrogen-bond acceptors (Lipinski definition) is 4. The summed E-state index contributed by atoms with van der Waals surface area (Å²) in [5.41, 5.74) is 5.36. The van der Waals surface area contributed by atoms with Crippen LogP contribution in [0.5, 0.6) is 0 Å². The van der Waals surface area contributed by atoms with Gasteiger partial charge >= 0.3 is 0 Å². The van der Waals surface area contributed by atoms with Crippen LogP contribution in [0, 0.1) is 5.92 Å². The van der Waals surface area contributed by atoms with Crippen LogP contribution >= 0.6 is 24.2 Å². The Kier molecular flexibility index (Phi) is 10.1. The zero-order chi connectivity index (χ0) is 13.4. The van der Waals surface area contributed by atoms with Gasteiger partial charge in [-0.3, -0.25) is 9.59 Å². The SMILES string of the molecule is CSCCC(=O)N1CCCC(C(=O)NCCN)C1.Cl. The quantitative estimate of drug-likeness (QED) is 0.748. The third-order valence-electron chi connectivity index (χ3n) is 3.11. The molecule has 1 atom stereocenters. The molecule has 0 aromatic heterocycles. The number of nitrogens with one attached hydrogen (secondary N) is 1. The predicted octanol–water partition coefficient (Wildman–Crippen LogP) is 0.475. The van der Waals surface area contributed by atoms with Crippen LogP contribution in [-0.4, -0.2) is 54.9 Å². The Morgan fingerprint density at radius 1 is 1.47 bits per heavy atom. The average Bonchev–Trinajstić information content (AvgIpc) is 2.42. The van der Waals surface area contributed by atoms with Gasteiger partial charge in [0.05, 0.1) is 5.92 Å². The number of nitrogens with two attached hydrogens (primary N) is 1. The first-order chi connectivity index (χ1) is 8.69. The lowest BCUT2D eigenvalue weighted by atomic mass is 9.97. The highest BCUT2D eigenvalue weighted by atomic mass is 35.5. The van der Waals surface area contributed by atoms with Crippen LogP contribution in [0.25, 0.3) is 0 Å². The largest absolute Gasteiger partial charge is 0.355 e. The van der Waals surface area contributed by atoms with Gasteiger partial charge in [0, 0.05) is 38.4 Å². The molecule has 1 unspecified atom stereocenters. The number of amides is 2. The Morgan fingerprint density at radius 3 is 2.84 bits per heavy atom. The van der Waals surface area contributed by atoms with Gasteiger partial charge in [0.15, 0.2) is 0 Å². The van der Waals surface area contributed by atoms with E-state index >= 15 is 0 Å². The van der Waals surface area contributed by atoms with Gasteiger partial charge in [-0.05, 0) is 19.1 Å². The number of rotatable bonds is 6. The number of carbonyl (C=O) groups is 2. The van der Waals surface area contributed by atoms with Crippen molar-refractivity contribution in [2.45, 2.75) is 19.3 Å². The fraction of sp³-hybridized carbons (Fsp3) is 0.833. The molecule has 0 spiro atoms. The van der Waals surface area contributed by atoms with Crippen molar-refractivity contribution < 1.29 is 9.59 Å². The minimum absolute atomic E-state index is 0. The standard InChI is InChI=1S/C12H23N3O2S.ClH/c1-18-8-4-11(16)15-7-2-3-10(9-15)12(17)14-6-5-13;/h10H,2-9,13H2,1H3,(H,14,17);1H. The first-order valence-corrected chi connectivity index (χ1v) is 7.83. The van der Waals surface area contributed by atoms with E-state index in [1.54, 1.807) is 11.8 Å². The second kappa shape index (κ2) is 10.3. The second-order valence-corrected chi connectivity index (χ2v) is 5.49. The van der Waals surface area contributed by atoms with E-state index in [-0.39, 0.29) is 30.1 Å². The first-order valence-electron chi connectivity index (χ1n) is 6.43. The molecule has 0 bridgehead atoms. The van der Waals surface area contributed by atoms with Crippen LogP contribution in [0.3, 0.4) is 0 Å². The smallest absolute Gasteiger partial charge is 0.224 e. The second-order valence-electron chi connectivity index (χ2n) is 4.50.